The lowest BCUT2D eigenvalue weighted by molar-refractivity contribution is 0.354. The van der Waals surface area contributed by atoms with Crippen LogP contribution in [0.2, 0.25) is 0 Å². The summed E-state index contributed by atoms with van der Waals surface area (Å²) in [7, 11) is 3.31. The van der Waals surface area contributed by atoms with Gasteiger partial charge in [-0.2, -0.15) is 0 Å². The minimum absolute atomic E-state index is 0.488. The van der Waals surface area contributed by atoms with Gasteiger partial charge in [-0.1, -0.05) is 25.3 Å². The third kappa shape index (κ3) is 3.92. The number of benzene rings is 1. The average Bonchev–Trinajstić information content (AvgIpc) is 3.12. The van der Waals surface area contributed by atoms with Crippen LogP contribution >= 0.6 is 11.3 Å². The number of aromatic nitrogens is 2. The normalized spacial score (nSPS) is 15.0. The summed E-state index contributed by atoms with van der Waals surface area (Å²) >= 11 is 1.75. The first-order valence-electron chi connectivity index (χ1n) is 9.91. The standard InChI is InChI=1S/C22H27N3O2S/c1-14-11-17-21(23-13-15-9-10-18(26-2)19(12-15)27-3)24-20(25-22(17)28-14)16-7-5-4-6-8-16/h9-12,16H,4-8,13H2,1-3H3,(H,23,24,25). The molecule has 1 fully saturated rings. The van der Waals surface area contributed by atoms with E-state index in [1.54, 1.807) is 25.6 Å². The van der Waals surface area contributed by atoms with Crippen LogP contribution in [-0.2, 0) is 6.54 Å². The van der Waals surface area contributed by atoms with E-state index in [2.05, 4.69) is 18.3 Å². The van der Waals surface area contributed by atoms with Crippen molar-refractivity contribution in [3.63, 3.8) is 0 Å². The van der Waals surface area contributed by atoms with Gasteiger partial charge in [-0.15, -0.1) is 11.3 Å². The number of thiophene rings is 1. The van der Waals surface area contributed by atoms with Gasteiger partial charge in [0.1, 0.15) is 16.5 Å². The zero-order chi connectivity index (χ0) is 19.5. The lowest BCUT2D eigenvalue weighted by Crippen LogP contribution is -2.11. The van der Waals surface area contributed by atoms with Gasteiger partial charge in [0.2, 0.25) is 0 Å². The Morgan fingerprint density at radius 3 is 2.57 bits per heavy atom. The fourth-order valence-electron chi connectivity index (χ4n) is 3.91. The summed E-state index contributed by atoms with van der Waals surface area (Å²) in [6.07, 6.45) is 6.30. The van der Waals surface area contributed by atoms with Gasteiger partial charge in [-0.25, -0.2) is 9.97 Å². The number of fused-ring (bicyclic) bond motifs is 1. The SMILES string of the molecule is COc1ccc(CNc2nc(C3CCCCC3)nc3sc(C)cc23)cc1OC. The number of nitrogens with one attached hydrogen (secondary N) is 1. The number of anilines is 1. The molecule has 0 radical (unpaired) electrons. The molecule has 1 aliphatic rings. The van der Waals surface area contributed by atoms with E-state index in [4.69, 9.17) is 19.4 Å². The highest BCUT2D eigenvalue weighted by atomic mass is 32.1. The molecule has 5 nitrogen and oxygen atoms in total. The molecule has 3 aromatic rings. The molecule has 2 heterocycles. The lowest BCUT2D eigenvalue weighted by atomic mass is 9.89. The quantitative estimate of drug-likeness (QED) is 0.580. The summed E-state index contributed by atoms with van der Waals surface area (Å²) in [6.45, 7) is 2.80. The van der Waals surface area contributed by atoms with Gasteiger partial charge >= 0.3 is 0 Å². The molecule has 0 unspecified atom stereocenters. The number of hydrogen-bond donors (Lipinski definition) is 1. The van der Waals surface area contributed by atoms with Crippen molar-refractivity contribution in [2.75, 3.05) is 19.5 Å². The van der Waals surface area contributed by atoms with Crippen molar-refractivity contribution in [1.29, 1.82) is 0 Å². The van der Waals surface area contributed by atoms with E-state index in [1.807, 2.05) is 18.2 Å². The molecular weight excluding hydrogens is 370 g/mol. The average molecular weight is 398 g/mol. The molecule has 148 valence electrons. The number of aryl methyl sites for hydroxylation is 1. The molecule has 0 saturated heterocycles. The largest absolute Gasteiger partial charge is 0.493 e. The fraction of sp³-hybridized carbons (Fsp3) is 0.455. The van der Waals surface area contributed by atoms with E-state index in [1.165, 1.54) is 37.0 Å². The van der Waals surface area contributed by atoms with E-state index < -0.39 is 0 Å². The van der Waals surface area contributed by atoms with Crippen LogP contribution in [0.4, 0.5) is 5.82 Å². The Kier molecular flexibility index (Phi) is 5.67. The Morgan fingerprint density at radius 2 is 1.82 bits per heavy atom. The first-order chi connectivity index (χ1) is 13.7. The maximum atomic E-state index is 5.42. The molecule has 1 aliphatic carbocycles. The van der Waals surface area contributed by atoms with Crippen molar-refractivity contribution in [1.82, 2.24) is 9.97 Å². The number of hydrogen-bond acceptors (Lipinski definition) is 6. The summed E-state index contributed by atoms with van der Waals surface area (Å²) in [5, 5.41) is 4.66. The third-order valence-corrected chi connectivity index (χ3v) is 6.36. The lowest BCUT2D eigenvalue weighted by Gasteiger charge is -2.21. The topological polar surface area (TPSA) is 56.3 Å². The molecule has 0 spiro atoms. The number of rotatable bonds is 6. The molecule has 0 atom stereocenters. The van der Waals surface area contributed by atoms with E-state index >= 15 is 0 Å². The highest BCUT2D eigenvalue weighted by Crippen LogP contribution is 2.35. The van der Waals surface area contributed by atoms with Crippen molar-refractivity contribution in [2.45, 2.75) is 51.5 Å². The molecule has 28 heavy (non-hydrogen) atoms. The molecule has 6 heteroatoms. The minimum Gasteiger partial charge on any atom is -0.493 e. The number of nitrogens with zero attached hydrogens (tertiary/aromatic N) is 2. The van der Waals surface area contributed by atoms with Gasteiger partial charge in [0.05, 0.1) is 19.6 Å². The second-order valence-electron chi connectivity index (χ2n) is 7.38. The second-order valence-corrected chi connectivity index (χ2v) is 8.62. The zero-order valence-electron chi connectivity index (χ0n) is 16.7. The highest BCUT2D eigenvalue weighted by Gasteiger charge is 2.21. The van der Waals surface area contributed by atoms with Crippen molar-refractivity contribution >= 4 is 27.4 Å². The predicted octanol–water partition coefficient (Wildman–Crippen LogP) is 5.68. The summed E-state index contributed by atoms with van der Waals surface area (Å²) < 4.78 is 10.8. The Morgan fingerprint density at radius 1 is 1.04 bits per heavy atom. The maximum Gasteiger partial charge on any atom is 0.161 e. The van der Waals surface area contributed by atoms with Crippen LogP contribution < -0.4 is 14.8 Å². The van der Waals surface area contributed by atoms with E-state index in [-0.39, 0.29) is 0 Å². The fourth-order valence-corrected chi connectivity index (χ4v) is 4.80. The second kappa shape index (κ2) is 8.35. The Labute approximate surface area is 170 Å². The Balaban J connectivity index is 1.62. The van der Waals surface area contributed by atoms with Crippen LogP contribution in [0.15, 0.2) is 24.3 Å². The van der Waals surface area contributed by atoms with Gasteiger partial charge in [0, 0.05) is 17.3 Å². The summed E-state index contributed by atoms with van der Waals surface area (Å²) in [5.41, 5.74) is 1.12. The van der Waals surface area contributed by atoms with Gasteiger partial charge in [0.15, 0.2) is 11.5 Å². The van der Waals surface area contributed by atoms with E-state index in [9.17, 15) is 0 Å². The van der Waals surface area contributed by atoms with Gasteiger partial charge in [-0.05, 0) is 43.5 Å². The van der Waals surface area contributed by atoms with Crippen molar-refractivity contribution < 1.29 is 9.47 Å². The van der Waals surface area contributed by atoms with Crippen molar-refractivity contribution in [3.05, 3.63) is 40.5 Å². The third-order valence-electron chi connectivity index (χ3n) is 5.41. The molecule has 0 aliphatic heterocycles. The minimum atomic E-state index is 0.488. The van der Waals surface area contributed by atoms with Crippen LogP contribution in [0, 0.1) is 6.92 Å². The molecule has 2 aromatic heterocycles. The summed E-state index contributed by atoms with van der Waals surface area (Å²) in [6, 6.07) is 8.17. The Hall–Kier alpha value is -2.34. The monoisotopic (exact) mass is 397 g/mol. The van der Waals surface area contributed by atoms with Crippen LogP contribution in [0.5, 0.6) is 11.5 Å². The van der Waals surface area contributed by atoms with E-state index in [0.29, 0.717) is 12.5 Å². The van der Waals surface area contributed by atoms with Gasteiger partial charge in [-0.3, -0.25) is 0 Å². The first kappa shape index (κ1) is 19.0. The van der Waals surface area contributed by atoms with Crippen LogP contribution in [-0.4, -0.2) is 24.2 Å². The summed E-state index contributed by atoms with van der Waals surface area (Å²) in [5.74, 6) is 3.91. The Bertz CT molecular complexity index is 964. The van der Waals surface area contributed by atoms with E-state index in [0.717, 1.165) is 38.9 Å². The molecule has 4 rings (SSSR count). The van der Waals surface area contributed by atoms with Crippen LogP contribution in [0.25, 0.3) is 10.2 Å². The van der Waals surface area contributed by atoms with Crippen molar-refractivity contribution in [3.8, 4) is 11.5 Å². The predicted molar refractivity (Wildman–Crippen MR) is 115 cm³/mol. The number of methoxy groups -OCH3 is 2. The van der Waals surface area contributed by atoms with Gasteiger partial charge < -0.3 is 14.8 Å². The number of ether oxygens (including phenoxy) is 2. The van der Waals surface area contributed by atoms with Crippen LogP contribution in [0.3, 0.4) is 0 Å². The van der Waals surface area contributed by atoms with Gasteiger partial charge in [0.25, 0.3) is 0 Å². The first-order valence-corrected chi connectivity index (χ1v) is 10.7. The molecule has 1 saturated carbocycles. The summed E-state index contributed by atoms with van der Waals surface area (Å²) in [4.78, 5) is 12.2. The maximum absolute atomic E-state index is 5.42. The van der Waals surface area contributed by atoms with Crippen LogP contribution in [0.1, 0.15) is 54.3 Å². The smallest absolute Gasteiger partial charge is 0.161 e. The molecule has 0 amide bonds. The molecule has 1 N–H and O–H groups in total. The molecule has 1 aromatic carbocycles. The molecular formula is C22H27N3O2S. The molecule has 0 bridgehead atoms. The highest BCUT2D eigenvalue weighted by molar-refractivity contribution is 7.18. The zero-order valence-corrected chi connectivity index (χ0v) is 17.6. The van der Waals surface area contributed by atoms with Crippen molar-refractivity contribution in [2.24, 2.45) is 0 Å².